The lowest BCUT2D eigenvalue weighted by Gasteiger charge is -1.92. The molecule has 6 nitrogen and oxygen atoms in total. The molecule has 1 aromatic rings. The summed E-state index contributed by atoms with van der Waals surface area (Å²) >= 11 is 1.27. The van der Waals surface area contributed by atoms with E-state index < -0.39 is 0 Å². The van der Waals surface area contributed by atoms with Crippen LogP contribution in [0.1, 0.15) is 18.6 Å². The average molecular weight is 201 g/mol. The van der Waals surface area contributed by atoms with Crippen molar-refractivity contribution in [2.24, 2.45) is 16.7 Å². The minimum absolute atomic E-state index is 0.308. The van der Waals surface area contributed by atoms with E-state index in [4.69, 9.17) is 16.1 Å². The number of amidine groups is 1. The number of nitrogens with zero attached hydrogens (tertiary/aromatic N) is 3. The summed E-state index contributed by atoms with van der Waals surface area (Å²) < 4.78 is 4.89. The van der Waals surface area contributed by atoms with Crippen molar-refractivity contribution in [3.8, 4) is 0 Å². The van der Waals surface area contributed by atoms with Gasteiger partial charge in [-0.2, -0.15) is 10.1 Å². The second-order valence-corrected chi connectivity index (χ2v) is 3.21. The van der Waals surface area contributed by atoms with Gasteiger partial charge in [-0.05, 0) is 0 Å². The van der Waals surface area contributed by atoms with Crippen LogP contribution in [0.5, 0.6) is 0 Å². The molecule has 0 spiro atoms. The molecule has 7 heteroatoms. The second-order valence-electron chi connectivity index (χ2n) is 2.21. The van der Waals surface area contributed by atoms with Crippen molar-refractivity contribution in [2.45, 2.75) is 19.1 Å². The molecule has 4 N–H and O–H groups in total. The van der Waals surface area contributed by atoms with Crippen LogP contribution in [0.4, 0.5) is 0 Å². The van der Waals surface area contributed by atoms with Gasteiger partial charge in [-0.3, -0.25) is 0 Å². The minimum Gasteiger partial charge on any atom is -0.377 e. The summed E-state index contributed by atoms with van der Waals surface area (Å²) in [6.45, 7) is 1.94. The molecule has 13 heavy (non-hydrogen) atoms. The van der Waals surface area contributed by atoms with Gasteiger partial charge in [-0.15, -0.1) is 0 Å². The van der Waals surface area contributed by atoms with E-state index in [0.717, 1.165) is 6.42 Å². The fourth-order valence-electron chi connectivity index (χ4n) is 0.668. The number of thioether (sulfide) groups is 1. The van der Waals surface area contributed by atoms with Crippen LogP contribution in [0.15, 0.2) is 9.62 Å². The van der Waals surface area contributed by atoms with Crippen molar-refractivity contribution < 1.29 is 4.52 Å². The Hall–Kier alpha value is -1.24. The number of rotatable bonds is 3. The lowest BCUT2D eigenvalue weighted by molar-refractivity contribution is 0.378. The number of hydrazone groups is 1. The SMILES string of the molecule is CCc1nc(CSC(N)=NN)no1. The largest absolute Gasteiger partial charge is 0.377 e. The number of hydrogen-bond donors (Lipinski definition) is 2. The topological polar surface area (TPSA) is 103 Å². The maximum atomic E-state index is 5.36. The van der Waals surface area contributed by atoms with E-state index in [2.05, 4.69) is 15.2 Å². The average Bonchev–Trinajstić information content (AvgIpc) is 2.61. The normalized spacial score (nSPS) is 11.9. The molecule has 0 unspecified atom stereocenters. The van der Waals surface area contributed by atoms with Crippen LogP contribution in [0, 0.1) is 0 Å². The third-order valence-corrected chi connectivity index (χ3v) is 2.09. The highest BCUT2D eigenvalue weighted by Crippen LogP contribution is 2.08. The molecule has 0 aromatic carbocycles. The van der Waals surface area contributed by atoms with Crippen molar-refractivity contribution in [2.75, 3.05) is 0 Å². The van der Waals surface area contributed by atoms with Gasteiger partial charge >= 0.3 is 0 Å². The van der Waals surface area contributed by atoms with E-state index in [9.17, 15) is 0 Å². The van der Waals surface area contributed by atoms with Crippen molar-refractivity contribution in [3.05, 3.63) is 11.7 Å². The van der Waals surface area contributed by atoms with Crippen LogP contribution in [0.3, 0.4) is 0 Å². The van der Waals surface area contributed by atoms with E-state index in [-0.39, 0.29) is 0 Å². The van der Waals surface area contributed by atoms with Gasteiger partial charge in [0.1, 0.15) is 0 Å². The molecule has 0 atom stereocenters. The monoisotopic (exact) mass is 201 g/mol. The summed E-state index contributed by atoms with van der Waals surface area (Å²) in [5.74, 6) is 6.70. The van der Waals surface area contributed by atoms with Crippen molar-refractivity contribution in [1.29, 1.82) is 0 Å². The standard InChI is InChI=1S/C6H11N5OS/c1-2-5-9-4(11-12-5)3-13-6(7)10-8/h2-3,8H2,1H3,(H2,7,10). The van der Waals surface area contributed by atoms with Crippen LogP contribution in [0.25, 0.3) is 0 Å². The summed E-state index contributed by atoms with van der Waals surface area (Å²) in [7, 11) is 0. The summed E-state index contributed by atoms with van der Waals surface area (Å²) in [5, 5.41) is 7.34. The van der Waals surface area contributed by atoms with Crippen LogP contribution in [-0.4, -0.2) is 15.3 Å². The number of hydrogen-bond acceptors (Lipinski definition) is 6. The van der Waals surface area contributed by atoms with E-state index in [1.807, 2.05) is 6.92 Å². The molecular formula is C6H11N5OS. The first-order valence-corrected chi connectivity index (χ1v) is 4.72. The molecule has 0 radical (unpaired) electrons. The quantitative estimate of drug-likeness (QED) is 0.310. The van der Waals surface area contributed by atoms with E-state index in [0.29, 0.717) is 22.6 Å². The maximum Gasteiger partial charge on any atom is 0.226 e. The van der Waals surface area contributed by atoms with E-state index in [1.54, 1.807) is 0 Å². The smallest absolute Gasteiger partial charge is 0.226 e. The molecule has 0 aliphatic heterocycles. The Labute approximate surface area is 79.7 Å². The molecule has 0 saturated heterocycles. The number of aromatic nitrogens is 2. The van der Waals surface area contributed by atoms with Crippen LogP contribution in [0.2, 0.25) is 0 Å². The van der Waals surface area contributed by atoms with Crippen LogP contribution < -0.4 is 11.6 Å². The van der Waals surface area contributed by atoms with Gasteiger partial charge in [0.15, 0.2) is 11.0 Å². The van der Waals surface area contributed by atoms with Gasteiger partial charge < -0.3 is 16.1 Å². The van der Waals surface area contributed by atoms with Gasteiger partial charge in [0.2, 0.25) is 5.89 Å². The first kappa shape index (κ1) is 9.85. The maximum absolute atomic E-state index is 5.36. The van der Waals surface area contributed by atoms with Crippen LogP contribution >= 0.6 is 11.8 Å². The summed E-state index contributed by atoms with van der Waals surface area (Å²) in [5.41, 5.74) is 5.36. The van der Waals surface area contributed by atoms with Gasteiger partial charge in [-0.25, -0.2) is 0 Å². The molecule has 0 bridgehead atoms. The molecule has 1 rings (SSSR count). The molecule has 0 fully saturated rings. The Bertz CT molecular complexity index is 297. The van der Waals surface area contributed by atoms with Crippen molar-refractivity contribution in [1.82, 2.24) is 10.1 Å². The van der Waals surface area contributed by atoms with Crippen molar-refractivity contribution >= 4 is 16.9 Å². The zero-order valence-corrected chi connectivity index (χ0v) is 8.04. The lowest BCUT2D eigenvalue weighted by atomic mass is 10.5. The highest BCUT2D eigenvalue weighted by Gasteiger charge is 2.04. The Kier molecular flexibility index (Phi) is 3.56. The van der Waals surface area contributed by atoms with E-state index in [1.165, 1.54) is 11.8 Å². The minimum atomic E-state index is 0.308. The Morgan fingerprint density at radius 3 is 3.00 bits per heavy atom. The predicted molar refractivity (Wildman–Crippen MR) is 50.8 cm³/mol. The van der Waals surface area contributed by atoms with Gasteiger partial charge in [-0.1, -0.05) is 23.8 Å². The zero-order chi connectivity index (χ0) is 9.68. The summed E-state index contributed by atoms with van der Waals surface area (Å²) in [6, 6.07) is 0. The van der Waals surface area contributed by atoms with Gasteiger partial charge in [0.25, 0.3) is 0 Å². The van der Waals surface area contributed by atoms with Gasteiger partial charge in [0, 0.05) is 6.42 Å². The lowest BCUT2D eigenvalue weighted by Crippen LogP contribution is -2.09. The summed E-state index contributed by atoms with van der Waals surface area (Å²) in [6.07, 6.45) is 0.734. The van der Waals surface area contributed by atoms with Gasteiger partial charge in [0.05, 0.1) is 5.75 Å². The highest BCUT2D eigenvalue weighted by molar-refractivity contribution is 8.13. The van der Waals surface area contributed by atoms with E-state index >= 15 is 0 Å². The molecule has 0 amide bonds. The first-order valence-electron chi connectivity index (χ1n) is 3.74. The highest BCUT2D eigenvalue weighted by atomic mass is 32.2. The molecular weight excluding hydrogens is 190 g/mol. The Balaban J connectivity index is 2.45. The zero-order valence-electron chi connectivity index (χ0n) is 7.23. The fraction of sp³-hybridized carbons (Fsp3) is 0.500. The molecule has 1 aromatic heterocycles. The molecule has 0 saturated carbocycles. The van der Waals surface area contributed by atoms with Crippen LogP contribution in [-0.2, 0) is 12.2 Å². The number of nitrogens with two attached hydrogens (primary N) is 2. The number of aryl methyl sites for hydroxylation is 1. The fourth-order valence-corrected chi connectivity index (χ4v) is 1.14. The third kappa shape index (κ3) is 2.94. The van der Waals surface area contributed by atoms with Crippen molar-refractivity contribution in [3.63, 3.8) is 0 Å². The third-order valence-electron chi connectivity index (χ3n) is 1.29. The Morgan fingerprint density at radius 2 is 2.46 bits per heavy atom. The molecule has 0 aliphatic rings. The molecule has 72 valence electrons. The second kappa shape index (κ2) is 4.70. The summed E-state index contributed by atoms with van der Waals surface area (Å²) in [4.78, 5) is 4.09. The Morgan fingerprint density at radius 1 is 1.69 bits per heavy atom. The first-order chi connectivity index (χ1) is 6.26. The molecule has 0 aliphatic carbocycles. The molecule has 1 heterocycles. The predicted octanol–water partition coefficient (Wildman–Crippen LogP) is 0.0536.